The first-order valence-corrected chi connectivity index (χ1v) is 8.51. The van der Waals surface area contributed by atoms with Crippen LogP contribution in [0.15, 0.2) is 10.9 Å². The van der Waals surface area contributed by atoms with Crippen molar-refractivity contribution < 1.29 is 9.18 Å². The molecule has 0 aromatic carbocycles. The number of fused-ring (bicyclic) bond motifs is 1. The van der Waals surface area contributed by atoms with Gasteiger partial charge in [0.1, 0.15) is 6.17 Å². The number of aromatic amines is 1. The summed E-state index contributed by atoms with van der Waals surface area (Å²) in [6, 6.07) is 1.60. The van der Waals surface area contributed by atoms with Crippen LogP contribution in [0.1, 0.15) is 48.9 Å². The van der Waals surface area contributed by atoms with Gasteiger partial charge in [-0.3, -0.25) is 4.79 Å². The topological polar surface area (TPSA) is 74.0 Å². The minimum Gasteiger partial charge on any atom is -0.338 e. The number of carbonyl (C=O) groups is 1. The molecule has 1 heterocycles. The molecule has 0 radical (unpaired) electrons. The van der Waals surface area contributed by atoms with Crippen molar-refractivity contribution in [2.24, 2.45) is 5.92 Å². The highest BCUT2D eigenvalue weighted by Crippen LogP contribution is 2.25. The van der Waals surface area contributed by atoms with E-state index in [0.29, 0.717) is 24.9 Å². The van der Waals surface area contributed by atoms with E-state index in [1.807, 2.05) is 6.07 Å². The average molecular weight is 321 g/mol. The molecule has 6 heteroatoms. The third-order valence-electron chi connectivity index (χ3n) is 4.87. The molecule has 126 valence electrons. The number of hydrogen-bond donors (Lipinski definition) is 3. The summed E-state index contributed by atoms with van der Waals surface area (Å²) < 4.78 is 13.3. The van der Waals surface area contributed by atoms with E-state index < -0.39 is 6.17 Å². The van der Waals surface area contributed by atoms with Crippen LogP contribution in [-0.4, -0.2) is 23.7 Å². The second-order valence-corrected chi connectivity index (χ2v) is 6.67. The molecule has 2 aliphatic rings. The van der Waals surface area contributed by atoms with Gasteiger partial charge in [-0.05, 0) is 56.1 Å². The Morgan fingerprint density at radius 2 is 2.13 bits per heavy atom. The van der Waals surface area contributed by atoms with Gasteiger partial charge in [-0.1, -0.05) is 6.42 Å². The van der Waals surface area contributed by atoms with Crippen LogP contribution < -0.4 is 16.2 Å². The number of alkyl halides is 1. The van der Waals surface area contributed by atoms with Crippen LogP contribution in [0.25, 0.3) is 0 Å². The van der Waals surface area contributed by atoms with Gasteiger partial charge in [0.05, 0.1) is 0 Å². The van der Waals surface area contributed by atoms with E-state index in [4.69, 9.17) is 0 Å². The second kappa shape index (κ2) is 7.15. The molecule has 2 amide bonds. The largest absolute Gasteiger partial charge is 0.338 e. The molecule has 2 aliphatic carbocycles. The summed E-state index contributed by atoms with van der Waals surface area (Å²) in [5.74, 6) is 0.216. The van der Waals surface area contributed by atoms with Gasteiger partial charge in [-0.15, -0.1) is 0 Å². The van der Waals surface area contributed by atoms with E-state index >= 15 is 0 Å². The van der Waals surface area contributed by atoms with Crippen LogP contribution in [0.5, 0.6) is 0 Å². The standard InChI is InChI=1S/C17H24FN3O2/c18-14-5-1-3-11(7-14)9-19-17(23)20-10-13-8-12-4-2-6-15(12)21-16(13)22/h8,11,14H,1-7,9-10H2,(H,21,22)(H2,19,20,23). The van der Waals surface area contributed by atoms with Gasteiger partial charge in [0.25, 0.3) is 5.56 Å². The number of aromatic nitrogens is 1. The zero-order valence-electron chi connectivity index (χ0n) is 13.3. The van der Waals surface area contributed by atoms with Crippen molar-refractivity contribution in [1.82, 2.24) is 15.6 Å². The number of urea groups is 1. The third-order valence-corrected chi connectivity index (χ3v) is 4.87. The fourth-order valence-corrected chi connectivity index (χ4v) is 3.58. The molecule has 0 bridgehead atoms. The zero-order valence-corrected chi connectivity index (χ0v) is 13.3. The van der Waals surface area contributed by atoms with Crippen LogP contribution in [-0.2, 0) is 19.4 Å². The normalized spacial score (nSPS) is 23.3. The summed E-state index contributed by atoms with van der Waals surface area (Å²) in [7, 11) is 0. The third kappa shape index (κ3) is 4.12. The molecule has 2 unspecified atom stereocenters. The van der Waals surface area contributed by atoms with Gasteiger partial charge in [-0.25, -0.2) is 9.18 Å². The molecule has 0 saturated heterocycles. The molecule has 2 atom stereocenters. The maximum Gasteiger partial charge on any atom is 0.315 e. The molecule has 5 nitrogen and oxygen atoms in total. The van der Waals surface area contributed by atoms with E-state index in [-0.39, 0.29) is 24.1 Å². The molecule has 23 heavy (non-hydrogen) atoms. The minimum atomic E-state index is -0.733. The van der Waals surface area contributed by atoms with Gasteiger partial charge < -0.3 is 15.6 Å². The van der Waals surface area contributed by atoms with Crippen LogP contribution >= 0.6 is 0 Å². The Kier molecular flexibility index (Phi) is 4.98. The molecule has 1 fully saturated rings. The molecule has 3 N–H and O–H groups in total. The number of amides is 2. The number of carbonyl (C=O) groups excluding carboxylic acids is 1. The predicted octanol–water partition coefficient (Wildman–Crippen LogP) is 2.19. The Labute approximate surface area is 135 Å². The molecule has 1 saturated carbocycles. The van der Waals surface area contributed by atoms with Crippen LogP contribution in [0.3, 0.4) is 0 Å². The Morgan fingerprint density at radius 1 is 1.26 bits per heavy atom. The average Bonchev–Trinajstić information content (AvgIpc) is 2.97. The smallest absolute Gasteiger partial charge is 0.315 e. The van der Waals surface area contributed by atoms with Gasteiger partial charge in [0, 0.05) is 24.3 Å². The van der Waals surface area contributed by atoms with Crippen molar-refractivity contribution in [1.29, 1.82) is 0 Å². The van der Waals surface area contributed by atoms with Gasteiger partial charge in [0.15, 0.2) is 0 Å². The first-order chi connectivity index (χ1) is 11.1. The SMILES string of the molecule is O=C(NCc1cc2c([nH]c1=O)CCC2)NCC1CCCC(F)C1. The molecule has 0 spiro atoms. The molecular weight excluding hydrogens is 297 g/mol. The lowest BCUT2D eigenvalue weighted by Gasteiger charge is -2.24. The first kappa shape index (κ1) is 16.0. The van der Waals surface area contributed by atoms with Crippen molar-refractivity contribution in [3.8, 4) is 0 Å². The lowest BCUT2D eigenvalue weighted by molar-refractivity contribution is 0.193. The Bertz CT molecular complexity index is 629. The van der Waals surface area contributed by atoms with E-state index in [2.05, 4.69) is 15.6 Å². The molecular formula is C17H24FN3O2. The number of rotatable bonds is 4. The highest BCUT2D eigenvalue weighted by atomic mass is 19.1. The molecule has 1 aromatic rings. The summed E-state index contributed by atoms with van der Waals surface area (Å²) in [6.07, 6.45) is 5.27. The van der Waals surface area contributed by atoms with Crippen molar-refractivity contribution in [3.05, 3.63) is 33.2 Å². The summed E-state index contributed by atoms with van der Waals surface area (Å²) in [5, 5.41) is 5.50. The fraction of sp³-hybridized carbons (Fsp3) is 0.647. The van der Waals surface area contributed by atoms with E-state index in [0.717, 1.165) is 37.8 Å². The summed E-state index contributed by atoms with van der Waals surface area (Å²) >= 11 is 0. The Hall–Kier alpha value is -1.85. The predicted molar refractivity (Wildman–Crippen MR) is 86.2 cm³/mol. The van der Waals surface area contributed by atoms with Crippen LogP contribution in [0, 0.1) is 5.92 Å². The molecule has 0 aliphatic heterocycles. The van der Waals surface area contributed by atoms with Crippen LogP contribution in [0.2, 0.25) is 0 Å². The van der Waals surface area contributed by atoms with Crippen molar-refractivity contribution >= 4 is 6.03 Å². The number of nitrogens with one attached hydrogen (secondary N) is 3. The number of H-pyrrole nitrogens is 1. The fourth-order valence-electron chi connectivity index (χ4n) is 3.58. The lowest BCUT2D eigenvalue weighted by atomic mass is 9.88. The van der Waals surface area contributed by atoms with E-state index in [9.17, 15) is 14.0 Å². The Balaban J connectivity index is 1.47. The number of hydrogen-bond acceptors (Lipinski definition) is 2. The highest BCUT2D eigenvalue weighted by Gasteiger charge is 2.21. The van der Waals surface area contributed by atoms with Crippen molar-refractivity contribution in [2.45, 2.75) is 57.7 Å². The summed E-state index contributed by atoms with van der Waals surface area (Å²) in [4.78, 5) is 26.7. The molecule has 3 rings (SSSR count). The number of pyridine rings is 1. The summed E-state index contributed by atoms with van der Waals surface area (Å²) in [6.45, 7) is 0.706. The van der Waals surface area contributed by atoms with Gasteiger partial charge in [-0.2, -0.15) is 0 Å². The van der Waals surface area contributed by atoms with E-state index in [1.165, 1.54) is 5.56 Å². The van der Waals surface area contributed by atoms with Gasteiger partial charge >= 0.3 is 6.03 Å². The lowest BCUT2D eigenvalue weighted by Crippen LogP contribution is -2.39. The van der Waals surface area contributed by atoms with Crippen molar-refractivity contribution in [2.75, 3.05) is 6.54 Å². The van der Waals surface area contributed by atoms with Crippen LogP contribution in [0.4, 0.5) is 9.18 Å². The van der Waals surface area contributed by atoms with Gasteiger partial charge in [0.2, 0.25) is 0 Å². The van der Waals surface area contributed by atoms with Crippen molar-refractivity contribution in [3.63, 3.8) is 0 Å². The monoisotopic (exact) mass is 321 g/mol. The second-order valence-electron chi connectivity index (χ2n) is 6.67. The van der Waals surface area contributed by atoms with E-state index in [1.54, 1.807) is 0 Å². The summed E-state index contributed by atoms with van der Waals surface area (Å²) in [5.41, 5.74) is 2.67. The first-order valence-electron chi connectivity index (χ1n) is 8.51. The quantitative estimate of drug-likeness (QED) is 0.795. The maximum atomic E-state index is 13.3. The number of halogens is 1. The molecule has 1 aromatic heterocycles. The minimum absolute atomic E-state index is 0.126. The Morgan fingerprint density at radius 3 is 2.96 bits per heavy atom. The number of aryl methyl sites for hydroxylation is 2. The highest BCUT2D eigenvalue weighted by molar-refractivity contribution is 5.73. The zero-order chi connectivity index (χ0) is 16.2. The maximum absolute atomic E-state index is 13.3.